The zero-order chi connectivity index (χ0) is 25.7. The topological polar surface area (TPSA) is 24.5 Å². The number of ether oxygens (including phenoxy) is 1. The van der Waals surface area contributed by atoms with Crippen LogP contribution in [0.4, 0.5) is 18.9 Å². The van der Waals surface area contributed by atoms with E-state index >= 15 is 0 Å². The van der Waals surface area contributed by atoms with Crippen molar-refractivity contribution in [1.82, 2.24) is 4.90 Å². The highest BCUT2D eigenvalue weighted by Crippen LogP contribution is 2.31. The smallest absolute Gasteiger partial charge is 0.406 e. The molecule has 0 aromatic heterocycles. The number of piperidine rings is 1. The molecule has 3 nitrogen and oxygen atoms in total. The molecule has 0 spiro atoms. The number of alkyl halides is 3. The van der Waals surface area contributed by atoms with Crippen molar-refractivity contribution in [3.63, 3.8) is 0 Å². The number of halogens is 4. The molecular formula is C29H30ClF3N2O. The number of nitrogens with zero attached hydrogens (tertiary/aromatic N) is 1. The van der Waals surface area contributed by atoms with Gasteiger partial charge in [0.15, 0.2) is 0 Å². The summed E-state index contributed by atoms with van der Waals surface area (Å²) in [5.41, 5.74) is 6.13. The number of anilines is 1. The predicted molar refractivity (Wildman–Crippen MR) is 140 cm³/mol. The zero-order valence-electron chi connectivity index (χ0n) is 20.4. The highest BCUT2D eigenvalue weighted by atomic mass is 35.5. The van der Waals surface area contributed by atoms with E-state index in [4.69, 9.17) is 11.6 Å². The Morgan fingerprint density at radius 1 is 1.06 bits per heavy atom. The summed E-state index contributed by atoms with van der Waals surface area (Å²) < 4.78 is 41.5. The Labute approximate surface area is 215 Å². The van der Waals surface area contributed by atoms with E-state index in [2.05, 4.69) is 39.2 Å². The molecule has 36 heavy (non-hydrogen) atoms. The van der Waals surface area contributed by atoms with Crippen molar-refractivity contribution in [2.75, 3.05) is 18.4 Å². The molecule has 3 aromatic carbocycles. The summed E-state index contributed by atoms with van der Waals surface area (Å²) >= 11 is 6.33. The van der Waals surface area contributed by atoms with Gasteiger partial charge in [0.05, 0.1) is 0 Å². The van der Waals surface area contributed by atoms with E-state index in [9.17, 15) is 13.2 Å². The summed E-state index contributed by atoms with van der Waals surface area (Å²) in [5, 5.41) is 4.50. The van der Waals surface area contributed by atoms with Gasteiger partial charge in [-0.2, -0.15) is 0 Å². The number of allylic oxidation sites excluding steroid dienone is 1. The van der Waals surface area contributed by atoms with Gasteiger partial charge >= 0.3 is 6.36 Å². The van der Waals surface area contributed by atoms with E-state index in [0.717, 1.165) is 71.0 Å². The summed E-state index contributed by atoms with van der Waals surface area (Å²) in [6.45, 7) is 6.82. The summed E-state index contributed by atoms with van der Waals surface area (Å²) in [6.07, 6.45) is -0.652. The normalized spacial score (nSPS) is 15.7. The van der Waals surface area contributed by atoms with Gasteiger partial charge in [-0.15, -0.1) is 13.2 Å². The number of rotatable bonds is 7. The van der Waals surface area contributed by atoms with Gasteiger partial charge in [-0.1, -0.05) is 54.1 Å². The van der Waals surface area contributed by atoms with Crippen molar-refractivity contribution in [2.45, 2.75) is 45.6 Å². The molecule has 1 aliphatic heterocycles. The summed E-state index contributed by atoms with van der Waals surface area (Å²) in [7, 11) is 0. The molecule has 1 aliphatic rings. The number of likely N-dealkylation sites (tertiary alicyclic amines) is 1. The number of hydrogen-bond acceptors (Lipinski definition) is 3. The van der Waals surface area contributed by atoms with Crippen molar-refractivity contribution < 1.29 is 17.9 Å². The first-order valence-electron chi connectivity index (χ1n) is 12.1. The molecule has 3 aromatic rings. The predicted octanol–water partition coefficient (Wildman–Crippen LogP) is 8.08. The number of benzene rings is 3. The van der Waals surface area contributed by atoms with Crippen LogP contribution in [0.5, 0.6) is 5.75 Å². The van der Waals surface area contributed by atoms with Gasteiger partial charge < -0.3 is 10.1 Å². The van der Waals surface area contributed by atoms with Crippen LogP contribution < -0.4 is 10.1 Å². The van der Waals surface area contributed by atoms with E-state index in [1.807, 2.05) is 38.1 Å². The van der Waals surface area contributed by atoms with Gasteiger partial charge in [-0.3, -0.25) is 4.90 Å². The van der Waals surface area contributed by atoms with Crippen LogP contribution in [0, 0.1) is 6.92 Å². The molecule has 0 radical (unpaired) electrons. The first kappa shape index (κ1) is 26.1. The molecule has 190 valence electrons. The van der Waals surface area contributed by atoms with E-state index in [-0.39, 0.29) is 5.75 Å². The van der Waals surface area contributed by atoms with Gasteiger partial charge in [0, 0.05) is 36.4 Å². The van der Waals surface area contributed by atoms with Gasteiger partial charge in [0.2, 0.25) is 0 Å². The van der Waals surface area contributed by atoms with Crippen LogP contribution in [0.25, 0.3) is 5.57 Å². The maximum Gasteiger partial charge on any atom is 0.573 e. The molecule has 1 saturated heterocycles. The molecule has 1 heterocycles. The van der Waals surface area contributed by atoms with Gasteiger partial charge in [-0.25, -0.2) is 0 Å². The Hall–Kier alpha value is -2.96. The Balaban J connectivity index is 1.41. The van der Waals surface area contributed by atoms with Crippen LogP contribution in [-0.2, 0) is 6.54 Å². The second-order valence-corrected chi connectivity index (χ2v) is 9.50. The molecule has 0 atom stereocenters. The minimum absolute atomic E-state index is 0.227. The fourth-order valence-electron chi connectivity index (χ4n) is 4.65. The first-order chi connectivity index (χ1) is 17.2. The quantitative estimate of drug-likeness (QED) is 0.345. The maximum atomic E-state index is 12.5. The second kappa shape index (κ2) is 11.4. The van der Waals surface area contributed by atoms with E-state index < -0.39 is 6.36 Å². The Kier molecular flexibility index (Phi) is 8.27. The van der Waals surface area contributed by atoms with Crippen LogP contribution in [0.3, 0.4) is 0 Å². The average molecular weight is 515 g/mol. The molecule has 0 bridgehead atoms. The number of aryl methyl sites for hydroxylation is 1. The van der Waals surface area contributed by atoms with Crippen LogP contribution in [0.1, 0.15) is 42.0 Å². The average Bonchev–Trinajstić information content (AvgIpc) is 2.84. The van der Waals surface area contributed by atoms with E-state index in [1.165, 1.54) is 12.1 Å². The molecule has 0 saturated carbocycles. The van der Waals surface area contributed by atoms with Crippen molar-refractivity contribution in [3.05, 3.63) is 100 Å². The number of hydrogen-bond donors (Lipinski definition) is 1. The largest absolute Gasteiger partial charge is 0.573 e. The minimum atomic E-state index is -4.70. The fraction of sp³-hybridized carbons (Fsp3) is 0.310. The van der Waals surface area contributed by atoms with Gasteiger partial charge in [0.25, 0.3) is 0 Å². The second-order valence-electron chi connectivity index (χ2n) is 9.09. The third-order valence-corrected chi connectivity index (χ3v) is 6.89. The highest BCUT2D eigenvalue weighted by Gasteiger charge is 2.31. The Bertz CT molecular complexity index is 1200. The van der Waals surface area contributed by atoms with Crippen molar-refractivity contribution in [1.29, 1.82) is 0 Å². The van der Waals surface area contributed by atoms with Crippen LogP contribution in [-0.4, -0.2) is 30.4 Å². The lowest BCUT2D eigenvalue weighted by molar-refractivity contribution is -0.274. The monoisotopic (exact) mass is 514 g/mol. The van der Waals surface area contributed by atoms with Crippen molar-refractivity contribution >= 4 is 22.9 Å². The third kappa shape index (κ3) is 6.83. The molecule has 7 heteroatoms. The fourth-order valence-corrected chi connectivity index (χ4v) is 4.85. The Morgan fingerprint density at radius 3 is 2.39 bits per heavy atom. The summed E-state index contributed by atoms with van der Waals surface area (Å²) in [5.74, 6) is -0.227. The lowest BCUT2D eigenvalue weighted by atomic mass is 9.93. The van der Waals surface area contributed by atoms with Crippen molar-refractivity contribution in [3.8, 4) is 5.75 Å². The van der Waals surface area contributed by atoms with E-state index in [0.29, 0.717) is 6.04 Å². The molecule has 1 fully saturated rings. The lowest BCUT2D eigenvalue weighted by Gasteiger charge is -2.33. The molecule has 1 N–H and O–H groups in total. The van der Waals surface area contributed by atoms with Crippen LogP contribution in [0.15, 0.2) is 72.8 Å². The summed E-state index contributed by atoms with van der Waals surface area (Å²) in [4.78, 5) is 2.43. The SMILES string of the molecule is C/C=C(/c1ccc(OC(F)(F)F)cc1)c1cc(NC2CCN(Cc3ccccc3Cl)CC2)ccc1C. The first-order valence-corrected chi connectivity index (χ1v) is 12.5. The number of nitrogens with one attached hydrogen (secondary N) is 1. The van der Waals surface area contributed by atoms with Crippen molar-refractivity contribution in [2.24, 2.45) is 0 Å². The molecule has 0 unspecified atom stereocenters. The van der Waals surface area contributed by atoms with Crippen LogP contribution in [0.2, 0.25) is 5.02 Å². The molecule has 4 rings (SSSR count). The van der Waals surface area contributed by atoms with E-state index in [1.54, 1.807) is 12.1 Å². The zero-order valence-corrected chi connectivity index (χ0v) is 21.2. The van der Waals surface area contributed by atoms with Crippen LogP contribution >= 0.6 is 11.6 Å². The summed E-state index contributed by atoms with van der Waals surface area (Å²) in [6, 6.07) is 20.7. The minimum Gasteiger partial charge on any atom is -0.406 e. The third-order valence-electron chi connectivity index (χ3n) is 6.53. The van der Waals surface area contributed by atoms with Gasteiger partial charge in [0.1, 0.15) is 5.75 Å². The lowest BCUT2D eigenvalue weighted by Crippen LogP contribution is -2.38. The molecular weight excluding hydrogens is 485 g/mol. The van der Waals surface area contributed by atoms with Gasteiger partial charge in [-0.05, 0) is 84.8 Å². The molecule has 0 amide bonds. The maximum absolute atomic E-state index is 12.5. The molecule has 0 aliphatic carbocycles. The highest BCUT2D eigenvalue weighted by molar-refractivity contribution is 6.31. The standard InChI is InChI=1S/C29H30ClF3N2O/c1-3-26(21-9-12-25(13-10-21)36-29(31,32)33)27-18-24(11-8-20(27)2)34-23-14-16-35(17-15-23)19-22-6-4-5-7-28(22)30/h3-13,18,23,34H,14-17,19H2,1-2H3/b26-3-. The Morgan fingerprint density at radius 2 is 1.75 bits per heavy atom.